The Labute approximate surface area is 145 Å². The van der Waals surface area contributed by atoms with Crippen molar-refractivity contribution in [2.75, 3.05) is 40.0 Å². The third kappa shape index (κ3) is 8.31. The van der Waals surface area contributed by atoms with Gasteiger partial charge in [0, 0.05) is 26.7 Å². The fraction of sp³-hybridized carbons (Fsp3) is 0.632. The molecule has 1 aliphatic carbocycles. The predicted octanol–water partition coefficient (Wildman–Crippen LogP) is 2.43. The topological polar surface area (TPSA) is 54.9 Å². The molecule has 0 heterocycles. The van der Waals surface area contributed by atoms with Gasteiger partial charge in [0.1, 0.15) is 0 Å². The van der Waals surface area contributed by atoms with Gasteiger partial charge in [-0.3, -0.25) is 4.99 Å². The van der Waals surface area contributed by atoms with Gasteiger partial charge >= 0.3 is 0 Å². The molecular formula is C19H31N3O2. The molecule has 0 amide bonds. The number of hydrogen-bond acceptors (Lipinski definition) is 3. The number of ether oxygens (including phenoxy) is 2. The molecule has 0 aromatic heterocycles. The molecule has 1 fully saturated rings. The van der Waals surface area contributed by atoms with Crippen molar-refractivity contribution in [1.29, 1.82) is 0 Å². The zero-order valence-electron chi connectivity index (χ0n) is 15.0. The number of nitrogens with one attached hydrogen (secondary N) is 2. The van der Waals surface area contributed by atoms with Gasteiger partial charge in [0.05, 0.1) is 19.8 Å². The van der Waals surface area contributed by atoms with E-state index in [1.54, 1.807) is 7.05 Å². The summed E-state index contributed by atoms with van der Waals surface area (Å²) in [5.74, 6) is 2.05. The summed E-state index contributed by atoms with van der Waals surface area (Å²) in [7, 11) is 1.79. The van der Waals surface area contributed by atoms with Crippen LogP contribution in [0.3, 0.4) is 0 Å². The molecule has 134 valence electrons. The maximum atomic E-state index is 5.77. The van der Waals surface area contributed by atoms with Crippen molar-refractivity contribution in [1.82, 2.24) is 10.6 Å². The molecule has 1 unspecified atom stereocenters. The Balaban J connectivity index is 1.49. The van der Waals surface area contributed by atoms with E-state index in [-0.39, 0.29) is 0 Å². The van der Waals surface area contributed by atoms with Crippen LogP contribution in [0.15, 0.2) is 35.3 Å². The van der Waals surface area contributed by atoms with Crippen LogP contribution >= 0.6 is 0 Å². The highest BCUT2D eigenvalue weighted by Gasteiger charge is 2.20. The standard InChI is InChI=1S/C19H31N3O2/c1-16(13-24-15-17-6-4-3-5-7-17)12-22-19(20-2)21-10-11-23-14-18-8-9-18/h3-7,16,18H,8-15H2,1-2H3,(H2,20,21,22). The second-order valence-electron chi connectivity index (χ2n) is 6.50. The molecule has 0 radical (unpaired) electrons. The number of benzene rings is 1. The van der Waals surface area contributed by atoms with Crippen LogP contribution in [0.2, 0.25) is 0 Å². The van der Waals surface area contributed by atoms with Gasteiger partial charge in [0.25, 0.3) is 0 Å². The minimum atomic E-state index is 0.415. The summed E-state index contributed by atoms with van der Waals surface area (Å²) in [6.45, 7) is 6.81. The lowest BCUT2D eigenvalue weighted by molar-refractivity contribution is 0.0930. The zero-order valence-corrected chi connectivity index (χ0v) is 15.0. The van der Waals surface area contributed by atoms with Crippen molar-refractivity contribution in [3.8, 4) is 0 Å². The van der Waals surface area contributed by atoms with E-state index in [0.29, 0.717) is 12.5 Å². The third-order valence-corrected chi connectivity index (χ3v) is 3.94. The average molecular weight is 333 g/mol. The molecule has 1 aromatic rings. The fourth-order valence-electron chi connectivity index (χ4n) is 2.28. The van der Waals surface area contributed by atoms with E-state index >= 15 is 0 Å². The maximum absolute atomic E-state index is 5.77. The highest BCUT2D eigenvalue weighted by molar-refractivity contribution is 5.79. The Bertz CT molecular complexity index is 475. The van der Waals surface area contributed by atoms with Crippen molar-refractivity contribution < 1.29 is 9.47 Å². The monoisotopic (exact) mass is 333 g/mol. The third-order valence-electron chi connectivity index (χ3n) is 3.94. The van der Waals surface area contributed by atoms with E-state index in [0.717, 1.165) is 44.8 Å². The van der Waals surface area contributed by atoms with Crippen LogP contribution in [0.4, 0.5) is 0 Å². The fourth-order valence-corrected chi connectivity index (χ4v) is 2.28. The van der Waals surface area contributed by atoms with Crippen LogP contribution in [-0.2, 0) is 16.1 Å². The van der Waals surface area contributed by atoms with E-state index in [1.807, 2.05) is 18.2 Å². The molecule has 1 aliphatic rings. The number of rotatable bonds is 11. The van der Waals surface area contributed by atoms with Crippen molar-refractivity contribution in [3.63, 3.8) is 0 Å². The first-order valence-corrected chi connectivity index (χ1v) is 8.92. The van der Waals surface area contributed by atoms with E-state index in [1.165, 1.54) is 18.4 Å². The van der Waals surface area contributed by atoms with Crippen LogP contribution in [0.5, 0.6) is 0 Å². The lowest BCUT2D eigenvalue weighted by Gasteiger charge is -2.16. The van der Waals surface area contributed by atoms with Crippen LogP contribution in [0.25, 0.3) is 0 Å². The van der Waals surface area contributed by atoms with Crippen LogP contribution < -0.4 is 10.6 Å². The molecule has 0 aliphatic heterocycles. The van der Waals surface area contributed by atoms with Gasteiger partial charge in [0.2, 0.25) is 0 Å². The van der Waals surface area contributed by atoms with Gasteiger partial charge in [-0.15, -0.1) is 0 Å². The highest BCUT2D eigenvalue weighted by atomic mass is 16.5. The first kappa shape index (κ1) is 18.7. The summed E-state index contributed by atoms with van der Waals surface area (Å²) in [4.78, 5) is 4.23. The quantitative estimate of drug-likeness (QED) is 0.371. The first-order chi connectivity index (χ1) is 11.8. The predicted molar refractivity (Wildman–Crippen MR) is 98.2 cm³/mol. The minimum absolute atomic E-state index is 0.415. The summed E-state index contributed by atoms with van der Waals surface area (Å²) in [5.41, 5.74) is 1.21. The SMILES string of the molecule is CN=C(NCCOCC1CC1)NCC(C)COCc1ccccc1. The summed E-state index contributed by atoms with van der Waals surface area (Å²) in [6, 6.07) is 10.3. The molecule has 2 N–H and O–H groups in total. The molecule has 1 atom stereocenters. The Morgan fingerprint density at radius 1 is 1.21 bits per heavy atom. The number of aliphatic imine (C=N–C) groups is 1. The van der Waals surface area contributed by atoms with Gasteiger partial charge in [-0.2, -0.15) is 0 Å². The molecular weight excluding hydrogens is 302 g/mol. The van der Waals surface area contributed by atoms with Gasteiger partial charge < -0.3 is 20.1 Å². The molecule has 0 saturated heterocycles. The molecule has 2 rings (SSSR count). The van der Waals surface area contributed by atoms with E-state index < -0.39 is 0 Å². The molecule has 0 spiro atoms. The minimum Gasteiger partial charge on any atom is -0.379 e. The van der Waals surface area contributed by atoms with Crippen molar-refractivity contribution in [3.05, 3.63) is 35.9 Å². The Hall–Kier alpha value is -1.59. The molecule has 0 bridgehead atoms. The summed E-state index contributed by atoms with van der Waals surface area (Å²) in [5, 5.41) is 6.61. The summed E-state index contributed by atoms with van der Waals surface area (Å²) < 4.78 is 11.4. The Morgan fingerprint density at radius 3 is 2.71 bits per heavy atom. The summed E-state index contributed by atoms with van der Waals surface area (Å²) >= 11 is 0. The number of hydrogen-bond donors (Lipinski definition) is 2. The maximum Gasteiger partial charge on any atom is 0.191 e. The van der Waals surface area contributed by atoms with Gasteiger partial charge in [-0.1, -0.05) is 37.3 Å². The molecule has 5 nitrogen and oxygen atoms in total. The average Bonchev–Trinajstić information content (AvgIpc) is 3.42. The lowest BCUT2D eigenvalue weighted by atomic mass is 10.2. The van der Waals surface area contributed by atoms with Gasteiger partial charge in [0.15, 0.2) is 5.96 Å². The Morgan fingerprint density at radius 2 is 2.00 bits per heavy atom. The van der Waals surface area contributed by atoms with Crippen molar-refractivity contribution in [2.45, 2.75) is 26.4 Å². The first-order valence-electron chi connectivity index (χ1n) is 8.92. The molecule has 5 heteroatoms. The van der Waals surface area contributed by atoms with Gasteiger partial charge in [-0.05, 0) is 30.2 Å². The number of nitrogens with zero attached hydrogens (tertiary/aromatic N) is 1. The highest BCUT2D eigenvalue weighted by Crippen LogP contribution is 2.28. The van der Waals surface area contributed by atoms with Crippen molar-refractivity contribution >= 4 is 5.96 Å². The second-order valence-corrected chi connectivity index (χ2v) is 6.50. The van der Waals surface area contributed by atoms with Gasteiger partial charge in [-0.25, -0.2) is 0 Å². The van der Waals surface area contributed by atoms with Crippen LogP contribution in [-0.4, -0.2) is 45.9 Å². The molecule has 1 saturated carbocycles. The van der Waals surface area contributed by atoms with E-state index in [4.69, 9.17) is 9.47 Å². The molecule has 24 heavy (non-hydrogen) atoms. The van der Waals surface area contributed by atoms with Crippen LogP contribution in [0, 0.1) is 11.8 Å². The normalized spacial score (nSPS) is 16.0. The summed E-state index contributed by atoms with van der Waals surface area (Å²) in [6.07, 6.45) is 2.67. The Kier molecular flexibility index (Phi) is 8.63. The lowest BCUT2D eigenvalue weighted by Crippen LogP contribution is -2.41. The van der Waals surface area contributed by atoms with Crippen molar-refractivity contribution in [2.24, 2.45) is 16.8 Å². The molecule has 1 aromatic carbocycles. The zero-order chi connectivity index (χ0) is 17.0. The van der Waals surface area contributed by atoms with Crippen LogP contribution in [0.1, 0.15) is 25.3 Å². The smallest absolute Gasteiger partial charge is 0.191 e. The number of guanidine groups is 1. The second kappa shape index (κ2) is 11.0. The van der Waals surface area contributed by atoms with E-state index in [2.05, 4.69) is 34.7 Å². The largest absolute Gasteiger partial charge is 0.379 e. The van der Waals surface area contributed by atoms with E-state index in [9.17, 15) is 0 Å².